The van der Waals surface area contributed by atoms with Crippen LogP contribution in [0.2, 0.25) is 0 Å². The van der Waals surface area contributed by atoms with Crippen molar-refractivity contribution in [2.24, 2.45) is 5.73 Å². The van der Waals surface area contributed by atoms with Gasteiger partial charge in [-0.3, -0.25) is 9.58 Å². The maximum absolute atomic E-state index is 5.56. The van der Waals surface area contributed by atoms with E-state index in [-0.39, 0.29) is 0 Å². The lowest BCUT2D eigenvalue weighted by Gasteiger charge is -2.20. The summed E-state index contributed by atoms with van der Waals surface area (Å²) >= 11 is 4.93. The van der Waals surface area contributed by atoms with Crippen LogP contribution in [0.3, 0.4) is 0 Å². The van der Waals surface area contributed by atoms with E-state index >= 15 is 0 Å². The van der Waals surface area contributed by atoms with Crippen LogP contribution in [0.5, 0.6) is 0 Å². The number of hydrogen-bond acceptors (Lipinski definition) is 4. The summed E-state index contributed by atoms with van der Waals surface area (Å²) in [4.78, 5) is 2.81. The molecule has 0 spiro atoms. The molecule has 19 heavy (non-hydrogen) atoms. The number of nitrogens with two attached hydrogens (primary N) is 1. The summed E-state index contributed by atoms with van der Waals surface area (Å²) in [5.41, 5.74) is 6.62. The van der Waals surface area contributed by atoms with Crippen LogP contribution >= 0.6 is 12.2 Å². The van der Waals surface area contributed by atoms with Crippen LogP contribution in [0.1, 0.15) is 32.0 Å². The van der Waals surface area contributed by atoms with E-state index in [2.05, 4.69) is 29.9 Å². The van der Waals surface area contributed by atoms with Crippen LogP contribution in [0.4, 0.5) is 0 Å². The van der Waals surface area contributed by atoms with Gasteiger partial charge in [-0.05, 0) is 19.9 Å². The van der Waals surface area contributed by atoms with Crippen molar-refractivity contribution in [1.82, 2.24) is 14.7 Å². The van der Waals surface area contributed by atoms with Crippen molar-refractivity contribution in [3.05, 3.63) is 18.0 Å². The average molecular weight is 284 g/mol. The van der Waals surface area contributed by atoms with Crippen LogP contribution in [-0.4, -0.2) is 46.5 Å². The third-order valence-corrected chi connectivity index (χ3v) is 3.07. The highest BCUT2D eigenvalue weighted by Crippen LogP contribution is 2.07. The molecule has 0 aromatic carbocycles. The number of thiocarbonyl (C=S) groups is 1. The molecule has 0 aliphatic rings. The van der Waals surface area contributed by atoms with Crippen molar-refractivity contribution in [1.29, 1.82) is 0 Å². The fraction of sp³-hybridized carbons (Fsp3) is 0.692. The lowest BCUT2D eigenvalue weighted by molar-refractivity contribution is 0.145. The van der Waals surface area contributed by atoms with E-state index in [9.17, 15) is 0 Å². The SMILES string of the molecule is COCCN(CCC(N)=S)Cc1ccn(C(C)C)n1. The summed E-state index contributed by atoms with van der Waals surface area (Å²) in [6.45, 7) is 7.42. The molecule has 6 heteroatoms. The van der Waals surface area contributed by atoms with Crippen molar-refractivity contribution < 1.29 is 4.74 Å². The first-order valence-electron chi connectivity index (χ1n) is 6.56. The predicted octanol–water partition coefficient (Wildman–Crippen LogP) is 1.59. The second kappa shape index (κ2) is 8.24. The minimum atomic E-state index is 0.387. The van der Waals surface area contributed by atoms with Gasteiger partial charge in [-0.1, -0.05) is 12.2 Å². The lowest BCUT2D eigenvalue weighted by atomic mass is 10.3. The van der Waals surface area contributed by atoms with Gasteiger partial charge in [0.1, 0.15) is 0 Å². The van der Waals surface area contributed by atoms with Crippen molar-refractivity contribution in [3.8, 4) is 0 Å². The van der Waals surface area contributed by atoms with Crippen molar-refractivity contribution in [3.63, 3.8) is 0 Å². The number of ether oxygens (including phenoxy) is 1. The zero-order valence-electron chi connectivity index (χ0n) is 12.0. The minimum absolute atomic E-state index is 0.387. The Bertz CT molecular complexity index is 392. The van der Waals surface area contributed by atoms with Crippen LogP contribution in [0.15, 0.2) is 12.3 Å². The molecule has 1 aromatic heterocycles. The Morgan fingerprint density at radius 3 is 2.79 bits per heavy atom. The predicted molar refractivity (Wildman–Crippen MR) is 81.2 cm³/mol. The Hall–Kier alpha value is -0.980. The lowest BCUT2D eigenvalue weighted by Crippen LogP contribution is -2.30. The molecule has 0 fully saturated rings. The molecule has 108 valence electrons. The Morgan fingerprint density at radius 2 is 2.26 bits per heavy atom. The number of methoxy groups -OCH3 is 1. The second-order valence-electron chi connectivity index (χ2n) is 4.87. The Morgan fingerprint density at radius 1 is 1.53 bits per heavy atom. The first kappa shape index (κ1) is 16.1. The number of nitrogens with zero attached hydrogens (tertiary/aromatic N) is 3. The van der Waals surface area contributed by atoms with E-state index in [4.69, 9.17) is 22.7 Å². The summed E-state index contributed by atoms with van der Waals surface area (Å²) in [5, 5.41) is 4.55. The molecule has 0 saturated heterocycles. The molecule has 5 nitrogen and oxygen atoms in total. The molecule has 0 amide bonds. The van der Waals surface area contributed by atoms with Crippen LogP contribution < -0.4 is 5.73 Å². The summed E-state index contributed by atoms with van der Waals surface area (Å²) in [6, 6.07) is 2.44. The Kier molecular flexibility index (Phi) is 6.97. The standard InChI is InChI=1S/C13H24N4OS/c1-11(2)17-7-4-12(15-17)10-16(8-9-18-3)6-5-13(14)19/h4,7,11H,5-6,8-10H2,1-3H3,(H2,14,19). The van der Waals surface area contributed by atoms with Crippen LogP contribution in [0, 0.1) is 0 Å². The van der Waals surface area contributed by atoms with E-state index in [1.807, 2.05) is 10.9 Å². The highest BCUT2D eigenvalue weighted by atomic mass is 32.1. The van der Waals surface area contributed by atoms with Gasteiger partial charge in [0, 0.05) is 45.4 Å². The van der Waals surface area contributed by atoms with Crippen LogP contribution in [0.25, 0.3) is 0 Å². The monoisotopic (exact) mass is 284 g/mol. The van der Waals surface area contributed by atoms with Gasteiger partial charge in [0.2, 0.25) is 0 Å². The summed E-state index contributed by atoms with van der Waals surface area (Å²) in [7, 11) is 1.71. The summed E-state index contributed by atoms with van der Waals surface area (Å²) in [5.74, 6) is 0. The molecule has 0 atom stereocenters. The Labute approximate surface area is 120 Å². The molecule has 0 bridgehead atoms. The summed E-state index contributed by atoms with van der Waals surface area (Å²) < 4.78 is 7.10. The quantitative estimate of drug-likeness (QED) is 0.698. The molecule has 0 radical (unpaired) electrons. The third-order valence-electron chi connectivity index (χ3n) is 2.86. The highest BCUT2D eigenvalue weighted by molar-refractivity contribution is 7.80. The van der Waals surface area contributed by atoms with E-state index in [0.717, 1.165) is 31.7 Å². The van der Waals surface area contributed by atoms with Crippen molar-refractivity contribution in [2.75, 3.05) is 26.8 Å². The van der Waals surface area contributed by atoms with Gasteiger partial charge in [-0.15, -0.1) is 0 Å². The molecule has 0 aliphatic carbocycles. The van der Waals surface area contributed by atoms with Gasteiger partial charge in [0.05, 0.1) is 17.3 Å². The maximum atomic E-state index is 5.56. The summed E-state index contributed by atoms with van der Waals surface area (Å²) in [6.07, 6.45) is 2.74. The van der Waals surface area contributed by atoms with E-state index < -0.39 is 0 Å². The number of rotatable bonds is 9. The number of aromatic nitrogens is 2. The molecular weight excluding hydrogens is 260 g/mol. The van der Waals surface area contributed by atoms with E-state index in [1.54, 1.807) is 7.11 Å². The van der Waals surface area contributed by atoms with Crippen molar-refractivity contribution in [2.45, 2.75) is 32.9 Å². The molecule has 1 heterocycles. The highest BCUT2D eigenvalue weighted by Gasteiger charge is 2.09. The van der Waals surface area contributed by atoms with Crippen molar-refractivity contribution >= 4 is 17.2 Å². The van der Waals surface area contributed by atoms with E-state index in [1.165, 1.54) is 0 Å². The third kappa shape index (κ3) is 6.13. The zero-order valence-corrected chi connectivity index (χ0v) is 12.8. The maximum Gasteiger partial charge on any atom is 0.0764 e. The largest absolute Gasteiger partial charge is 0.393 e. The van der Waals surface area contributed by atoms with Gasteiger partial charge < -0.3 is 10.5 Å². The molecule has 2 N–H and O–H groups in total. The first-order valence-corrected chi connectivity index (χ1v) is 6.97. The zero-order chi connectivity index (χ0) is 14.3. The second-order valence-corrected chi connectivity index (χ2v) is 5.39. The van der Waals surface area contributed by atoms with Gasteiger partial charge >= 0.3 is 0 Å². The molecule has 0 saturated carbocycles. The first-order chi connectivity index (χ1) is 9.02. The smallest absolute Gasteiger partial charge is 0.0764 e. The normalized spacial score (nSPS) is 11.4. The average Bonchev–Trinajstić information content (AvgIpc) is 2.81. The Balaban J connectivity index is 2.55. The fourth-order valence-corrected chi connectivity index (χ4v) is 1.83. The molecule has 0 aliphatic heterocycles. The topological polar surface area (TPSA) is 56.3 Å². The van der Waals surface area contributed by atoms with Gasteiger partial charge in [0.15, 0.2) is 0 Å². The molecule has 1 aromatic rings. The van der Waals surface area contributed by atoms with E-state index in [0.29, 0.717) is 17.6 Å². The minimum Gasteiger partial charge on any atom is -0.393 e. The molecule has 0 unspecified atom stereocenters. The molecular formula is C13H24N4OS. The van der Waals surface area contributed by atoms with Gasteiger partial charge in [0.25, 0.3) is 0 Å². The molecule has 1 rings (SSSR count). The fourth-order valence-electron chi connectivity index (χ4n) is 1.74. The van der Waals surface area contributed by atoms with Crippen LogP contribution in [-0.2, 0) is 11.3 Å². The van der Waals surface area contributed by atoms with Gasteiger partial charge in [-0.2, -0.15) is 5.10 Å². The van der Waals surface area contributed by atoms with Gasteiger partial charge in [-0.25, -0.2) is 0 Å². The number of hydrogen-bond donors (Lipinski definition) is 1.